The highest BCUT2D eigenvalue weighted by Crippen LogP contribution is 2.19. The number of hydrogen-bond acceptors (Lipinski definition) is 15. The molecule has 0 saturated carbocycles. The number of carbonyl (C=O) groups is 10. The second-order valence-corrected chi connectivity index (χ2v) is 19.7. The molecule has 2 rings (SSSR count). The van der Waals surface area contributed by atoms with E-state index in [2.05, 4.69) is 95.7 Å². The maximum Gasteiger partial charge on any atom is 0.327 e. The van der Waals surface area contributed by atoms with Crippen LogP contribution in [0, 0.1) is 17.8 Å². The molecule has 418 valence electrons. The molecule has 2 aromatic rings. The van der Waals surface area contributed by atoms with Crippen LogP contribution in [0.15, 0.2) is 35.5 Å². The number of carboxylic acid groups (broad SMARTS) is 1. The van der Waals surface area contributed by atoms with Crippen molar-refractivity contribution in [2.24, 2.45) is 39.9 Å². The molecule has 1 heterocycles. The zero-order valence-corrected chi connectivity index (χ0v) is 45.7. The van der Waals surface area contributed by atoms with Gasteiger partial charge in [0, 0.05) is 47.3 Å². The number of carboxylic acids is 1. The molecule has 28 heteroatoms. The molecule has 1 aromatic carbocycles. The van der Waals surface area contributed by atoms with E-state index in [0.29, 0.717) is 12.0 Å². The molecule has 0 aliphatic heterocycles. The van der Waals surface area contributed by atoms with Crippen LogP contribution in [0.1, 0.15) is 72.8 Å². The van der Waals surface area contributed by atoms with Gasteiger partial charge in [-0.2, -0.15) is 37.9 Å². The summed E-state index contributed by atoms with van der Waals surface area (Å²) in [6.45, 7) is 9.24. The number of nitrogens with zero attached hydrogens (tertiary/aromatic N) is 1. The lowest BCUT2D eigenvalue weighted by molar-refractivity contribution is -0.141. The van der Waals surface area contributed by atoms with E-state index in [1.807, 2.05) is 25.1 Å². The van der Waals surface area contributed by atoms with E-state index in [9.17, 15) is 53.1 Å². The highest BCUT2D eigenvalue weighted by atomic mass is 32.1. The van der Waals surface area contributed by atoms with Gasteiger partial charge in [-0.1, -0.05) is 66.2 Å². The number of para-hydroxylation sites is 1. The molecule has 0 aliphatic rings. The highest BCUT2D eigenvalue weighted by molar-refractivity contribution is 7.80. The Kier molecular flexibility index (Phi) is 28.5. The Morgan fingerprint density at radius 3 is 1.72 bits per heavy atom. The van der Waals surface area contributed by atoms with Gasteiger partial charge in [-0.25, -0.2) is 4.79 Å². The van der Waals surface area contributed by atoms with Gasteiger partial charge in [0.1, 0.15) is 42.3 Å². The quantitative estimate of drug-likeness (QED) is 0.0150. The van der Waals surface area contributed by atoms with Crippen molar-refractivity contribution in [2.45, 2.75) is 122 Å². The number of carbonyl (C=O) groups excluding carboxylic acids is 9. The van der Waals surface area contributed by atoms with Crippen molar-refractivity contribution in [3.8, 4) is 0 Å². The van der Waals surface area contributed by atoms with E-state index in [1.165, 1.54) is 0 Å². The van der Waals surface area contributed by atoms with Crippen LogP contribution in [-0.2, 0) is 54.4 Å². The number of H-pyrrole nitrogens is 1. The van der Waals surface area contributed by atoms with E-state index in [1.54, 1.807) is 46.9 Å². The molecule has 25 nitrogen and oxygen atoms in total. The molecule has 0 saturated heterocycles. The highest BCUT2D eigenvalue weighted by Gasteiger charge is 2.35. The maximum absolute atomic E-state index is 13.8. The summed E-state index contributed by atoms with van der Waals surface area (Å²) in [5.74, 6) is -9.86. The standard InChI is InChI=1S/C47H76N14O11S3/c1-7-25(6)38(61-39(64)28(48)20-73)45(70)60-37(24(4)5)44(69)57-30(13-10-14-51-47(49)50)40(65)53-19-36(63)56-33(21-74)43(68)58-31(15-23(2)3)41(66)54-18-35(62)55-32(42(67)59-34(22-75)46(71)72)16-26-17-52-29-12-9-8-11-27(26)29/h8-9,11-12,17,23-25,28,30-34,37-38,52,73-75H,7,10,13-16,18-22,48H2,1-6H3,(H,53,65)(H,54,66)(H,55,62)(H,56,63)(H,57,69)(H,58,68)(H,59,67)(H,60,70)(H,61,64)(H,71,72)(H4,49,50,51)/t25-,28-,30-,31-,32-,33-,34-,37-,38-/m0/s1. The molecular formula is C47H76N14O11S3. The second-order valence-electron chi connectivity index (χ2n) is 18.6. The normalized spacial score (nSPS) is 14.8. The fourth-order valence-electron chi connectivity index (χ4n) is 7.29. The second kappa shape index (κ2) is 32.9. The summed E-state index contributed by atoms with van der Waals surface area (Å²) in [6.07, 6.45) is 2.38. The summed E-state index contributed by atoms with van der Waals surface area (Å²) in [6, 6.07) is -2.44. The van der Waals surface area contributed by atoms with Gasteiger partial charge in [-0.05, 0) is 48.6 Å². The summed E-state index contributed by atoms with van der Waals surface area (Å²) < 4.78 is 0. The van der Waals surface area contributed by atoms with Crippen LogP contribution in [0.3, 0.4) is 0 Å². The maximum atomic E-state index is 13.8. The van der Waals surface area contributed by atoms with Gasteiger partial charge in [-0.15, -0.1) is 0 Å². The molecule has 75 heavy (non-hydrogen) atoms. The van der Waals surface area contributed by atoms with Crippen LogP contribution in [0.5, 0.6) is 0 Å². The SMILES string of the molecule is CC[C@H](C)[C@H](NC(=O)[C@@H](N)CS)C(=O)N[C@H](C(=O)N[C@@H](CCCN=C(N)N)C(=O)NCC(=O)N[C@@H](CS)C(=O)N[C@@H](CC(C)C)C(=O)NCC(=O)N[C@@H](Cc1c[nH]c2ccccc12)C(=O)N[C@@H](CS)C(=O)O)C(C)C. The number of aliphatic imine (C=N–C) groups is 1. The van der Waals surface area contributed by atoms with Crippen LogP contribution in [0.2, 0.25) is 0 Å². The van der Waals surface area contributed by atoms with Crippen molar-refractivity contribution in [3.05, 3.63) is 36.0 Å². The molecule has 0 bridgehead atoms. The van der Waals surface area contributed by atoms with Crippen LogP contribution in [0.4, 0.5) is 0 Å². The van der Waals surface area contributed by atoms with Gasteiger partial charge in [0.2, 0.25) is 53.2 Å². The number of guanidine groups is 1. The third kappa shape index (κ3) is 22.2. The van der Waals surface area contributed by atoms with E-state index in [4.69, 9.17) is 17.2 Å². The summed E-state index contributed by atoms with van der Waals surface area (Å²) in [4.78, 5) is 139. The summed E-state index contributed by atoms with van der Waals surface area (Å²) in [5.41, 5.74) is 18.1. The van der Waals surface area contributed by atoms with Crippen molar-refractivity contribution in [2.75, 3.05) is 36.9 Å². The van der Waals surface area contributed by atoms with E-state index in [0.717, 1.165) is 10.9 Å². The third-order valence-electron chi connectivity index (χ3n) is 11.7. The minimum absolute atomic E-state index is 0.0188. The van der Waals surface area contributed by atoms with Crippen molar-refractivity contribution < 1.29 is 53.1 Å². The first-order valence-electron chi connectivity index (χ1n) is 24.4. The summed E-state index contributed by atoms with van der Waals surface area (Å²) in [7, 11) is 0. The molecule has 9 amide bonds. The fraction of sp³-hybridized carbons (Fsp3) is 0.596. The largest absolute Gasteiger partial charge is 0.480 e. The first-order valence-corrected chi connectivity index (χ1v) is 26.3. The number of fused-ring (bicyclic) bond motifs is 1. The van der Waals surface area contributed by atoms with Gasteiger partial charge in [0.05, 0.1) is 19.1 Å². The molecule has 17 N–H and O–H groups in total. The fourth-order valence-corrected chi connectivity index (χ4v) is 7.96. The number of aromatic nitrogens is 1. The van der Waals surface area contributed by atoms with E-state index >= 15 is 0 Å². The summed E-state index contributed by atoms with van der Waals surface area (Å²) in [5, 5.41) is 33.1. The number of nitrogens with one attached hydrogen (secondary N) is 10. The number of nitrogens with two attached hydrogens (primary N) is 3. The first-order chi connectivity index (χ1) is 35.4. The van der Waals surface area contributed by atoms with Gasteiger partial charge < -0.3 is 75.1 Å². The Balaban J connectivity index is 2.16. The molecule has 1 aromatic heterocycles. The van der Waals surface area contributed by atoms with Gasteiger partial charge in [-0.3, -0.25) is 48.1 Å². The Labute approximate surface area is 452 Å². The van der Waals surface area contributed by atoms with Crippen molar-refractivity contribution in [1.29, 1.82) is 0 Å². The lowest BCUT2D eigenvalue weighted by Gasteiger charge is -2.29. The molecule has 0 spiro atoms. The molecule has 0 aliphatic carbocycles. The Morgan fingerprint density at radius 2 is 1.17 bits per heavy atom. The predicted octanol–water partition coefficient (Wildman–Crippen LogP) is -2.66. The average molecular weight is 1110 g/mol. The smallest absolute Gasteiger partial charge is 0.327 e. The van der Waals surface area contributed by atoms with Crippen molar-refractivity contribution >= 4 is 114 Å². The Hall–Kier alpha value is -6.26. The van der Waals surface area contributed by atoms with Crippen LogP contribution in [0.25, 0.3) is 10.9 Å². The zero-order chi connectivity index (χ0) is 56.5. The van der Waals surface area contributed by atoms with Crippen molar-refractivity contribution in [3.63, 3.8) is 0 Å². The van der Waals surface area contributed by atoms with E-state index < -0.39 is 126 Å². The number of rotatable bonds is 33. The lowest BCUT2D eigenvalue weighted by Crippen LogP contribution is -2.60. The number of hydrogen-bond donors (Lipinski definition) is 17. The molecular weight excluding hydrogens is 1030 g/mol. The first kappa shape index (κ1) is 64.9. The molecule has 0 unspecified atom stereocenters. The monoisotopic (exact) mass is 1110 g/mol. The third-order valence-corrected chi connectivity index (χ3v) is 12.8. The molecule has 0 fully saturated rings. The van der Waals surface area contributed by atoms with Gasteiger partial charge in [0.25, 0.3) is 0 Å². The minimum Gasteiger partial charge on any atom is -0.480 e. The van der Waals surface area contributed by atoms with Crippen LogP contribution >= 0.6 is 37.9 Å². The summed E-state index contributed by atoms with van der Waals surface area (Å²) >= 11 is 12.3. The van der Waals surface area contributed by atoms with Gasteiger partial charge >= 0.3 is 5.97 Å². The predicted molar refractivity (Wildman–Crippen MR) is 292 cm³/mol. The average Bonchev–Trinajstić information content (AvgIpc) is 3.77. The van der Waals surface area contributed by atoms with Crippen LogP contribution < -0.4 is 65.1 Å². The topological polar surface area (TPSA) is 405 Å². The minimum atomic E-state index is -1.35. The van der Waals surface area contributed by atoms with Gasteiger partial charge in [0.15, 0.2) is 5.96 Å². The van der Waals surface area contributed by atoms with E-state index in [-0.39, 0.29) is 67.3 Å². The number of amides is 9. The lowest BCUT2D eigenvalue weighted by atomic mass is 9.96. The number of aliphatic carboxylic acids is 1. The zero-order valence-electron chi connectivity index (χ0n) is 43.1. The van der Waals surface area contributed by atoms with Crippen molar-refractivity contribution in [1.82, 2.24) is 52.8 Å². The molecule has 9 atom stereocenters. The molecule has 0 radical (unpaired) electrons. The Morgan fingerprint density at radius 1 is 0.640 bits per heavy atom. The number of benzene rings is 1. The van der Waals surface area contributed by atoms with Crippen LogP contribution in [-0.4, -0.2) is 160 Å². The number of thiol groups is 3. The number of aromatic amines is 1. The Bertz CT molecular complexity index is 2320.